The zero-order chi connectivity index (χ0) is 68.0. The van der Waals surface area contributed by atoms with Gasteiger partial charge in [0.1, 0.15) is 29.0 Å². The molecule has 9 aromatic rings. The lowest BCUT2D eigenvalue weighted by Crippen LogP contribution is -2.51. The van der Waals surface area contributed by atoms with E-state index in [1.54, 1.807) is 98.1 Å². The van der Waals surface area contributed by atoms with Crippen LogP contribution in [0.25, 0.3) is 32.7 Å². The highest BCUT2D eigenvalue weighted by Crippen LogP contribution is 2.49. The van der Waals surface area contributed by atoms with Crippen molar-refractivity contribution in [2.45, 2.75) is 173 Å². The number of aryl methyl sites for hydroxylation is 6. The van der Waals surface area contributed by atoms with Crippen molar-refractivity contribution in [3.05, 3.63) is 182 Å². The molecule has 492 valence electrons. The van der Waals surface area contributed by atoms with Gasteiger partial charge in [0.2, 0.25) is 0 Å². The van der Waals surface area contributed by atoms with Crippen LogP contribution in [0.2, 0.25) is 0 Å². The maximum absolute atomic E-state index is 14.1. The standard InChI is InChI=1S/2C23H26F4N2O2.C22H24F4N2O/c1-13-8-15-9-17(29-20(15)14(2)28-13)11-22(30,23(25,26)27)12-21(3,4)18-10-16(24)6-7-19(18)31-5;1-13-8-19-17(14(2)28-13)10-16(29-19)11-22(30,23(25,26)27)12-21(3,4)18-9-15(24)6-7-20(18)31-5;1-13-5-6-15(23)9-17(13)20(3,4)12-21(29,22(24,25)26)10-18-14(2)16-7-8-27-11-19(16)28-18/h2*6-10,29-30H,11-12H2,1-5H3;5-9,11,28-29H,10,12H2,1-4H3. The molecule has 6 aromatic heterocycles. The normalized spacial score (nSPS) is 14.7. The molecule has 0 aliphatic carbocycles. The molecular weight excluding hydrogens is 1210 g/mol. The Morgan fingerprint density at radius 3 is 1.38 bits per heavy atom. The first-order valence-electron chi connectivity index (χ1n) is 29.0. The summed E-state index contributed by atoms with van der Waals surface area (Å²) in [6, 6.07) is 19.9. The Hall–Kier alpha value is -7.63. The number of nitrogens with one attached hydrogen (secondary N) is 3. The number of halogens is 12. The molecular formula is C68H76F12N6O5. The summed E-state index contributed by atoms with van der Waals surface area (Å²) >= 11 is 0. The Morgan fingerprint density at radius 2 is 0.901 bits per heavy atom. The molecule has 9 rings (SSSR count). The van der Waals surface area contributed by atoms with Crippen molar-refractivity contribution in [1.82, 2.24) is 29.9 Å². The maximum Gasteiger partial charge on any atom is 0.417 e. The van der Waals surface area contributed by atoms with Crippen LogP contribution in [-0.4, -0.2) is 94.8 Å². The van der Waals surface area contributed by atoms with Gasteiger partial charge < -0.3 is 39.7 Å². The van der Waals surface area contributed by atoms with Gasteiger partial charge in [-0.3, -0.25) is 15.0 Å². The number of rotatable bonds is 17. The topological polar surface area (TPSA) is 165 Å². The highest BCUT2D eigenvalue weighted by molar-refractivity contribution is 5.84. The quantitative estimate of drug-likeness (QED) is 0.0491. The Morgan fingerprint density at radius 1 is 0.462 bits per heavy atom. The van der Waals surface area contributed by atoms with Crippen molar-refractivity contribution in [2.75, 3.05) is 14.2 Å². The number of ether oxygens (including phenoxy) is 2. The van der Waals surface area contributed by atoms with E-state index in [0.717, 1.165) is 34.3 Å². The summed E-state index contributed by atoms with van der Waals surface area (Å²) in [5.74, 6) is -1.17. The van der Waals surface area contributed by atoms with E-state index in [0.29, 0.717) is 55.7 Å². The highest BCUT2D eigenvalue weighted by atomic mass is 19.4. The minimum atomic E-state index is -4.91. The molecule has 0 saturated heterocycles. The van der Waals surface area contributed by atoms with E-state index in [2.05, 4.69) is 29.9 Å². The summed E-state index contributed by atoms with van der Waals surface area (Å²) in [7, 11) is 2.73. The number of aromatic amines is 3. The van der Waals surface area contributed by atoms with Crippen LogP contribution in [0.1, 0.15) is 128 Å². The molecule has 3 unspecified atom stereocenters. The highest BCUT2D eigenvalue weighted by Gasteiger charge is 2.59. The van der Waals surface area contributed by atoms with Crippen molar-refractivity contribution in [3.8, 4) is 11.5 Å². The number of aromatic nitrogens is 6. The summed E-state index contributed by atoms with van der Waals surface area (Å²) in [4.78, 5) is 21.5. The summed E-state index contributed by atoms with van der Waals surface area (Å²) in [6.45, 7) is 19.9. The zero-order valence-corrected chi connectivity index (χ0v) is 53.0. The molecule has 6 heterocycles. The van der Waals surface area contributed by atoms with Gasteiger partial charge in [-0.25, -0.2) is 13.2 Å². The molecule has 11 nitrogen and oxygen atoms in total. The average molecular weight is 1290 g/mol. The van der Waals surface area contributed by atoms with E-state index in [1.807, 2.05) is 0 Å². The fourth-order valence-corrected chi connectivity index (χ4v) is 12.6. The van der Waals surface area contributed by atoms with E-state index in [1.165, 1.54) is 84.4 Å². The van der Waals surface area contributed by atoms with Gasteiger partial charge in [0.05, 0.1) is 37.1 Å². The van der Waals surface area contributed by atoms with Gasteiger partial charge in [0.15, 0.2) is 16.8 Å². The van der Waals surface area contributed by atoms with Gasteiger partial charge >= 0.3 is 18.5 Å². The number of pyridine rings is 3. The van der Waals surface area contributed by atoms with Crippen LogP contribution in [0.15, 0.2) is 97.3 Å². The zero-order valence-electron chi connectivity index (χ0n) is 53.0. The molecule has 0 aliphatic heterocycles. The first kappa shape index (κ1) is 70.8. The minimum absolute atomic E-state index is 0.243. The largest absolute Gasteiger partial charge is 0.496 e. The number of alkyl halides is 9. The summed E-state index contributed by atoms with van der Waals surface area (Å²) in [6.07, 6.45) is -15.5. The van der Waals surface area contributed by atoms with E-state index in [4.69, 9.17) is 9.47 Å². The third kappa shape index (κ3) is 15.7. The number of benzene rings is 3. The lowest BCUT2D eigenvalue weighted by Gasteiger charge is -2.38. The Kier molecular flexibility index (Phi) is 20.1. The monoisotopic (exact) mass is 1280 g/mol. The molecule has 91 heavy (non-hydrogen) atoms. The van der Waals surface area contributed by atoms with Crippen LogP contribution >= 0.6 is 0 Å². The molecule has 3 aromatic carbocycles. The van der Waals surface area contributed by atoms with Gasteiger partial charge in [-0.1, -0.05) is 47.6 Å². The average Bonchev–Trinajstić information content (AvgIpc) is 1.69. The maximum atomic E-state index is 14.1. The molecule has 0 spiro atoms. The van der Waals surface area contributed by atoms with Gasteiger partial charge in [0, 0.05) is 92.4 Å². The predicted octanol–water partition coefficient (Wildman–Crippen LogP) is 16.6. The third-order valence-electron chi connectivity index (χ3n) is 16.9. The number of H-pyrrole nitrogens is 3. The fourth-order valence-electron chi connectivity index (χ4n) is 12.6. The molecule has 6 N–H and O–H groups in total. The molecule has 0 radical (unpaired) electrons. The van der Waals surface area contributed by atoms with Crippen molar-refractivity contribution in [2.24, 2.45) is 0 Å². The van der Waals surface area contributed by atoms with Crippen LogP contribution in [0.3, 0.4) is 0 Å². The van der Waals surface area contributed by atoms with Crippen molar-refractivity contribution < 1.29 is 77.5 Å². The second-order valence-electron chi connectivity index (χ2n) is 25.8. The number of aliphatic hydroxyl groups is 3. The first-order valence-corrected chi connectivity index (χ1v) is 29.0. The van der Waals surface area contributed by atoms with Crippen LogP contribution in [0, 0.1) is 59.0 Å². The number of methoxy groups -OCH3 is 2. The molecule has 0 saturated carbocycles. The lowest BCUT2D eigenvalue weighted by atomic mass is 9.72. The fraction of sp³-hybridized carbons (Fsp3) is 0.426. The summed E-state index contributed by atoms with van der Waals surface area (Å²) in [5, 5.41) is 34.8. The smallest absolute Gasteiger partial charge is 0.417 e. The van der Waals surface area contributed by atoms with E-state index < -0.39 is 108 Å². The van der Waals surface area contributed by atoms with Crippen LogP contribution in [0.5, 0.6) is 11.5 Å². The summed E-state index contributed by atoms with van der Waals surface area (Å²) in [5.41, 5.74) is -4.86. The van der Waals surface area contributed by atoms with E-state index in [-0.39, 0.29) is 34.0 Å². The molecule has 0 bridgehead atoms. The second kappa shape index (κ2) is 25.8. The molecule has 0 amide bonds. The van der Waals surface area contributed by atoms with Gasteiger partial charge in [-0.05, 0) is 173 Å². The minimum Gasteiger partial charge on any atom is -0.496 e. The number of fused-ring (bicyclic) bond motifs is 3. The number of nitrogens with zero attached hydrogens (tertiary/aromatic N) is 3. The number of hydrogen-bond acceptors (Lipinski definition) is 8. The Labute approximate surface area is 519 Å². The van der Waals surface area contributed by atoms with Crippen LogP contribution in [0.4, 0.5) is 52.7 Å². The van der Waals surface area contributed by atoms with E-state index >= 15 is 0 Å². The lowest BCUT2D eigenvalue weighted by molar-refractivity contribution is -0.266. The molecule has 0 fully saturated rings. The Balaban J connectivity index is 0.000000194. The van der Waals surface area contributed by atoms with Gasteiger partial charge in [-0.2, -0.15) is 39.5 Å². The molecule has 23 heteroatoms. The van der Waals surface area contributed by atoms with Crippen LogP contribution in [-0.2, 0) is 35.5 Å². The molecule has 0 aliphatic rings. The predicted molar refractivity (Wildman–Crippen MR) is 326 cm³/mol. The SMILES string of the molecule is COc1ccc(F)cc1C(C)(C)CC(O)(Cc1cc2c(C)nc(C)cc2[nH]1)C(F)(F)F.COc1ccc(F)cc1C(C)(C)CC(O)(Cc1cc2cc(C)nc(C)c2[nH]1)C(F)(F)F.Cc1ccc(F)cc1C(C)(C)CC(O)(Cc1[nH]c2cnccc2c1C)C(F)(F)F. The second-order valence-corrected chi connectivity index (χ2v) is 25.8. The first-order chi connectivity index (χ1) is 41.8. The van der Waals surface area contributed by atoms with Gasteiger partial charge in [0.25, 0.3) is 0 Å². The Bertz CT molecular complexity index is 3900. The van der Waals surface area contributed by atoms with Crippen molar-refractivity contribution >= 4 is 32.7 Å². The van der Waals surface area contributed by atoms with E-state index in [9.17, 15) is 68.0 Å². The summed E-state index contributed by atoms with van der Waals surface area (Å²) < 4.78 is 179. The molecule has 3 atom stereocenters. The number of hydrogen-bond donors (Lipinski definition) is 6. The van der Waals surface area contributed by atoms with Crippen molar-refractivity contribution in [1.29, 1.82) is 0 Å². The third-order valence-corrected chi connectivity index (χ3v) is 16.9. The van der Waals surface area contributed by atoms with Crippen molar-refractivity contribution in [3.63, 3.8) is 0 Å². The van der Waals surface area contributed by atoms with Crippen LogP contribution < -0.4 is 9.47 Å². The van der Waals surface area contributed by atoms with Gasteiger partial charge in [-0.15, -0.1) is 0 Å².